The van der Waals surface area contributed by atoms with Gasteiger partial charge >= 0.3 is 0 Å². The van der Waals surface area contributed by atoms with Crippen molar-refractivity contribution in [2.45, 2.75) is 73.1 Å². The number of aliphatic hydroxyl groups is 1. The minimum atomic E-state index is 0.292. The van der Waals surface area contributed by atoms with Crippen LogP contribution in [0.1, 0.15) is 67.7 Å². The highest BCUT2D eigenvalue weighted by molar-refractivity contribution is 6.42. The molecule has 0 radical (unpaired) electrons. The molecule has 0 aromatic heterocycles. The summed E-state index contributed by atoms with van der Waals surface area (Å²) in [5.74, 6) is 0. The molecule has 0 atom stereocenters. The molecule has 0 fully saturated rings. The second-order valence-corrected chi connectivity index (χ2v) is 7.98. The van der Waals surface area contributed by atoms with Crippen molar-refractivity contribution in [2.75, 3.05) is 6.61 Å². The van der Waals surface area contributed by atoms with Crippen molar-refractivity contribution in [3.05, 3.63) is 58.7 Å². The van der Waals surface area contributed by atoms with Crippen LogP contribution < -0.4 is 0 Å². The average molecular weight is 393 g/mol. The summed E-state index contributed by atoms with van der Waals surface area (Å²) in [5, 5.41) is 8.95. The quantitative estimate of drug-likeness (QED) is 0.339. The Bertz CT molecular complexity index is 825. The maximum absolute atomic E-state index is 8.95. The lowest BCUT2D eigenvalue weighted by atomic mass is 10.0. The first-order chi connectivity index (χ1) is 13.9. The molecule has 0 saturated carbocycles. The van der Waals surface area contributed by atoms with E-state index in [4.69, 9.17) is 15.1 Å². The van der Waals surface area contributed by atoms with Crippen molar-refractivity contribution in [1.29, 1.82) is 0 Å². The maximum Gasteiger partial charge on any atom is 0.0692 e. The first-order valence-electron chi connectivity index (χ1n) is 10.8. The number of unbranched alkanes of at least 4 members (excludes halogenated alkanes) is 4. The Labute approximate surface area is 176 Å². The van der Waals surface area contributed by atoms with Gasteiger partial charge in [0.15, 0.2) is 0 Å². The SMILES string of the molecule is CC(=Nc1c(C)cccc1C)C(CCCCCCCO)=Nc1c(C)cccc1C. The van der Waals surface area contributed by atoms with Gasteiger partial charge in [0, 0.05) is 6.61 Å². The van der Waals surface area contributed by atoms with E-state index in [1.807, 2.05) is 0 Å². The van der Waals surface area contributed by atoms with Gasteiger partial charge in [-0.2, -0.15) is 0 Å². The maximum atomic E-state index is 8.95. The van der Waals surface area contributed by atoms with Gasteiger partial charge in [-0.25, -0.2) is 0 Å². The number of hydrogen-bond acceptors (Lipinski definition) is 3. The lowest BCUT2D eigenvalue weighted by Crippen LogP contribution is -2.11. The summed E-state index contributed by atoms with van der Waals surface area (Å²) in [7, 11) is 0. The minimum absolute atomic E-state index is 0.292. The standard InChI is InChI=1S/C26H36N2O/c1-19-13-11-14-20(2)25(19)27-23(5)24(17-9-7-6-8-10-18-29)28-26-21(3)15-12-16-22(26)4/h11-16,29H,6-10,17-18H2,1-5H3. The number of nitrogens with zero attached hydrogens (tertiary/aromatic N) is 2. The van der Waals surface area contributed by atoms with E-state index in [0.29, 0.717) is 6.61 Å². The number of benzene rings is 2. The molecule has 0 aliphatic carbocycles. The van der Waals surface area contributed by atoms with Gasteiger partial charge in [-0.3, -0.25) is 9.98 Å². The number of aliphatic imine (C=N–C) groups is 2. The topological polar surface area (TPSA) is 45.0 Å². The molecule has 3 nitrogen and oxygen atoms in total. The molecule has 0 bridgehead atoms. The summed E-state index contributed by atoms with van der Waals surface area (Å²) in [5.41, 5.74) is 8.99. The second-order valence-electron chi connectivity index (χ2n) is 7.98. The van der Waals surface area contributed by atoms with Crippen LogP contribution >= 0.6 is 0 Å². The third-order valence-corrected chi connectivity index (χ3v) is 5.39. The Morgan fingerprint density at radius 1 is 0.690 bits per heavy atom. The zero-order valence-electron chi connectivity index (χ0n) is 18.8. The van der Waals surface area contributed by atoms with Crippen molar-refractivity contribution >= 4 is 22.8 Å². The Balaban J connectivity index is 2.31. The normalized spacial score (nSPS) is 12.5. The largest absolute Gasteiger partial charge is 0.396 e. The number of hydrogen-bond donors (Lipinski definition) is 1. The lowest BCUT2D eigenvalue weighted by molar-refractivity contribution is 0.282. The van der Waals surface area contributed by atoms with Gasteiger partial charge in [0.05, 0.1) is 22.8 Å². The van der Waals surface area contributed by atoms with Gasteiger partial charge in [0.2, 0.25) is 0 Å². The van der Waals surface area contributed by atoms with E-state index in [9.17, 15) is 0 Å². The van der Waals surface area contributed by atoms with Gasteiger partial charge in [0.1, 0.15) is 0 Å². The summed E-state index contributed by atoms with van der Waals surface area (Å²) in [6.45, 7) is 10.8. The van der Waals surface area contributed by atoms with Gasteiger partial charge in [-0.1, -0.05) is 55.7 Å². The molecule has 2 aromatic carbocycles. The van der Waals surface area contributed by atoms with Gasteiger partial charge in [0.25, 0.3) is 0 Å². The third-order valence-electron chi connectivity index (χ3n) is 5.39. The zero-order chi connectivity index (χ0) is 21.2. The van der Waals surface area contributed by atoms with Crippen LogP contribution in [0.25, 0.3) is 0 Å². The van der Waals surface area contributed by atoms with E-state index in [0.717, 1.165) is 61.3 Å². The fourth-order valence-corrected chi connectivity index (χ4v) is 3.58. The number of para-hydroxylation sites is 2. The lowest BCUT2D eigenvalue weighted by Gasteiger charge is -2.12. The molecule has 0 amide bonds. The van der Waals surface area contributed by atoms with Crippen LogP contribution in [0, 0.1) is 27.7 Å². The van der Waals surface area contributed by atoms with Crippen LogP contribution in [-0.4, -0.2) is 23.1 Å². The molecule has 2 aromatic rings. The Kier molecular flexibility index (Phi) is 9.27. The number of rotatable bonds is 10. The van der Waals surface area contributed by atoms with Crippen molar-refractivity contribution in [3.63, 3.8) is 0 Å². The monoisotopic (exact) mass is 392 g/mol. The number of aliphatic hydroxyl groups excluding tert-OH is 1. The van der Waals surface area contributed by atoms with Crippen LogP contribution in [-0.2, 0) is 0 Å². The summed E-state index contributed by atoms with van der Waals surface area (Å²) in [6, 6.07) is 12.6. The van der Waals surface area contributed by atoms with E-state index in [2.05, 4.69) is 71.0 Å². The number of aryl methyl sites for hydroxylation is 4. The van der Waals surface area contributed by atoms with E-state index in [1.54, 1.807) is 0 Å². The Morgan fingerprint density at radius 3 is 1.66 bits per heavy atom. The molecule has 3 heteroatoms. The summed E-state index contributed by atoms with van der Waals surface area (Å²) < 4.78 is 0. The molecule has 0 spiro atoms. The smallest absolute Gasteiger partial charge is 0.0692 e. The average Bonchev–Trinajstić information content (AvgIpc) is 2.68. The van der Waals surface area contributed by atoms with Crippen LogP contribution in [0.2, 0.25) is 0 Å². The molecule has 2 rings (SSSR count). The highest BCUT2D eigenvalue weighted by atomic mass is 16.2. The molecule has 0 aliphatic rings. The molecule has 156 valence electrons. The van der Waals surface area contributed by atoms with Crippen LogP contribution in [0.4, 0.5) is 11.4 Å². The van der Waals surface area contributed by atoms with Crippen molar-refractivity contribution in [3.8, 4) is 0 Å². The van der Waals surface area contributed by atoms with Crippen molar-refractivity contribution < 1.29 is 5.11 Å². The molecule has 1 N–H and O–H groups in total. The van der Waals surface area contributed by atoms with Gasteiger partial charge < -0.3 is 5.11 Å². The fraction of sp³-hybridized carbons (Fsp3) is 0.462. The van der Waals surface area contributed by atoms with E-state index >= 15 is 0 Å². The first-order valence-corrected chi connectivity index (χ1v) is 10.8. The fourth-order valence-electron chi connectivity index (χ4n) is 3.58. The van der Waals surface area contributed by atoms with E-state index in [-0.39, 0.29) is 0 Å². The molecule has 0 saturated heterocycles. The van der Waals surface area contributed by atoms with Gasteiger partial charge in [-0.05, 0) is 76.1 Å². The molecular formula is C26H36N2O. The minimum Gasteiger partial charge on any atom is -0.396 e. The summed E-state index contributed by atoms with van der Waals surface area (Å²) >= 11 is 0. The summed E-state index contributed by atoms with van der Waals surface area (Å²) in [4.78, 5) is 10.1. The van der Waals surface area contributed by atoms with Crippen molar-refractivity contribution in [2.24, 2.45) is 9.98 Å². The molecular weight excluding hydrogens is 356 g/mol. The Hall–Kier alpha value is -2.26. The molecule has 29 heavy (non-hydrogen) atoms. The van der Waals surface area contributed by atoms with Gasteiger partial charge in [-0.15, -0.1) is 0 Å². The first kappa shape index (κ1) is 23.0. The van der Waals surface area contributed by atoms with Crippen LogP contribution in [0.3, 0.4) is 0 Å². The third kappa shape index (κ3) is 6.93. The predicted molar refractivity (Wildman–Crippen MR) is 126 cm³/mol. The van der Waals surface area contributed by atoms with E-state index in [1.165, 1.54) is 22.3 Å². The zero-order valence-corrected chi connectivity index (χ0v) is 18.8. The molecule has 0 unspecified atom stereocenters. The van der Waals surface area contributed by atoms with Crippen LogP contribution in [0.15, 0.2) is 46.4 Å². The Morgan fingerprint density at radius 2 is 1.14 bits per heavy atom. The molecule has 0 heterocycles. The predicted octanol–water partition coefficient (Wildman–Crippen LogP) is 7.12. The summed E-state index contributed by atoms with van der Waals surface area (Å²) in [6.07, 6.45) is 6.32. The van der Waals surface area contributed by atoms with Crippen LogP contribution in [0.5, 0.6) is 0 Å². The highest BCUT2D eigenvalue weighted by Gasteiger charge is 2.10. The second kappa shape index (κ2) is 11.7. The molecule has 0 aliphatic heterocycles. The highest BCUT2D eigenvalue weighted by Crippen LogP contribution is 2.26. The van der Waals surface area contributed by atoms with Crippen molar-refractivity contribution in [1.82, 2.24) is 0 Å². The van der Waals surface area contributed by atoms with E-state index < -0.39 is 0 Å².